The van der Waals surface area contributed by atoms with Crippen LogP contribution in [0.3, 0.4) is 0 Å². The second-order valence-electron chi connectivity index (χ2n) is 6.21. The van der Waals surface area contributed by atoms with E-state index in [-0.39, 0.29) is 11.3 Å². The Kier molecular flexibility index (Phi) is 3.95. The number of hydrogen-bond acceptors (Lipinski definition) is 3. The summed E-state index contributed by atoms with van der Waals surface area (Å²) in [5, 5.41) is 0. The Morgan fingerprint density at radius 3 is 2.63 bits per heavy atom. The molecule has 1 aromatic carbocycles. The molecule has 1 atom stereocenters. The maximum absolute atomic E-state index is 5.85. The van der Waals surface area contributed by atoms with Crippen molar-refractivity contribution >= 4 is 11.1 Å². The summed E-state index contributed by atoms with van der Waals surface area (Å²) in [5.74, 6) is 1.01. The van der Waals surface area contributed by atoms with E-state index in [9.17, 15) is 0 Å². The summed E-state index contributed by atoms with van der Waals surface area (Å²) in [5.41, 5.74) is 9.02. The summed E-state index contributed by atoms with van der Waals surface area (Å²) in [6.45, 7) is 9.36. The predicted molar refractivity (Wildman–Crippen MR) is 79.4 cm³/mol. The number of nitrogens with two attached hydrogens (primary N) is 1. The van der Waals surface area contributed by atoms with E-state index >= 15 is 0 Å². The van der Waals surface area contributed by atoms with Gasteiger partial charge in [-0.2, -0.15) is 0 Å². The van der Waals surface area contributed by atoms with E-state index in [0.717, 1.165) is 29.8 Å². The quantitative estimate of drug-likeness (QED) is 0.905. The highest BCUT2D eigenvalue weighted by atomic mass is 16.3. The first-order chi connectivity index (χ1) is 8.95. The fraction of sp³-hybridized carbons (Fsp3) is 0.562. The molecule has 19 heavy (non-hydrogen) atoms. The third kappa shape index (κ3) is 2.98. The largest absolute Gasteiger partial charge is 0.440 e. The van der Waals surface area contributed by atoms with E-state index in [1.165, 1.54) is 5.56 Å². The van der Waals surface area contributed by atoms with Gasteiger partial charge in [0.1, 0.15) is 5.52 Å². The Bertz CT molecular complexity index is 551. The maximum Gasteiger partial charge on any atom is 0.199 e. The van der Waals surface area contributed by atoms with Crippen molar-refractivity contribution in [1.82, 2.24) is 4.98 Å². The minimum absolute atomic E-state index is 0.129. The molecule has 2 N–H and O–H groups in total. The van der Waals surface area contributed by atoms with E-state index in [0.29, 0.717) is 6.54 Å². The lowest BCUT2D eigenvalue weighted by Crippen LogP contribution is -2.12. The van der Waals surface area contributed by atoms with Crippen LogP contribution in [0.4, 0.5) is 0 Å². The van der Waals surface area contributed by atoms with Crippen LogP contribution in [0.15, 0.2) is 22.6 Å². The highest BCUT2D eigenvalue weighted by Gasteiger charge is 2.18. The monoisotopic (exact) mass is 260 g/mol. The molecule has 2 aromatic rings. The van der Waals surface area contributed by atoms with Crippen LogP contribution in [-0.2, 0) is 5.41 Å². The number of fused-ring (bicyclic) bond motifs is 1. The summed E-state index contributed by atoms with van der Waals surface area (Å²) in [6, 6.07) is 6.27. The number of oxazole rings is 1. The van der Waals surface area contributed by atoms with Crippen molar-refractivity contribution in [3.8, 4) is 0 Å². The molecule has 104 valence electrons. The molecule has 3 nitrogen and oxygen atoms in total. The summed E-state index contributed by atoms with van der Waals surface area (Å²) in [4.78, 5) is 4.63. The van der Waals surface area contributed by atoms with Crippen molar-refractivity contribution < 1.29 is 4.42 Å². The van der Waals surface area contributed by atoms with Crippen LogP contribution >= 0.6 is 0 Å². The first-order valence-electron chi connectivity index (χ1n) is 7.06. The van der Waals surface area contributed by atoms with Crippen molar-refractivity contribution in [2.45, 2.75) is 51.9 Å². The van der Waals surface area contributed by atoms with Gasteiger partial charge >= 0.3 is 0 Å². The van der Waals surface area contributed by atoms with Gasteiger partial charge < -0.3 is 10.2 Å². The van der Waals surface area contributed by atoms with Gasteiger partial charge in [-0.3, -0.25) is 0 Å². The zero-order valence-corrected chi connectivity index (χ0v) is 12.4. The standard InChI is InChI=1S/C16H24N2O/c1-5-6-11(10-17)15-18-13-9-12(16(2,3)4)7-8-14(13)19-15/h7-9,11H,5-6,10,17H2,1-4H3. The number of benzene rings is 1. The van der Waals surface area contributed by atoms with Gasteiger partial charge in [0, 0.05) is 12.5 Å². The Morgan fingerprint density at radius 2 is 2.05 bits per heavy atom. The van der Waals surface area contributed by atoms with Gasteiger partial charge in [-0.15, -0.1) is 0 Å². The number of hydrogen-bond donors (Lipinski definition) is 1. The average molecular weight is 260 g/mol. The molecule has 0 amide bonds. The molecular formula is C16H24N2O. The Hall–Kier alpha value is -1.35. The molecular weight excluding hydrogens is 236 g/mol. The van der Waals surface area contributed by atoms with E-state index in [1.54, 1.807) is 0 Å². The third-order valence-corrected chi connectivity index (χ3v) is 3.54. The molecule has 0 aliphatic rings. The summed E-state index contributed by atoms with van der Waals surface area (Å²) in [6.07, 6.45) is 2.11. The lowest BCUT2D eigenvalue weighted by molar-refractivity contribution is 0.453. The molecule has 0 aliphatic carbocycles. The first kappa shape index (κ1) is 14.1. The van der Waals surface area contributed by atoms with Crippen molar-refractivity contribution in [2.75, 3.05) is 6.54 Å². The molecule has 2 rings (SSSR count). The Labute approximate surface area is 115 Å². The molecule has 1 heterocycles. The van der Waals surface area contributed by atoms with Crippen LogP contribution in [0.25, 0.3) is 11.1 Å². The number of rotatable bonds is 4. The molecule has 1 aromatic heterocycles. The molecule has 0 radical (unpaired) electrons. The second-order valence-corrected chi connectivity index (χ2v) is 6.21. The molecule has 1 unspecified atom stereocenters. The summed E-state index contributed by atoms with van der Waals surface area (Å²) < 4.78 is 5.85. The predicted octanol–water partition coefficient (Wildman–Crippen LogP) is 3.97. The molecule has 0 spiro atoms. The maximum atomic E-state index is 5.85. The van der Waals surface area contributed by atoms with Gasteiger partial charge in [-0.05, 0) is 29.5 Å². The number of nitrogens with zero attached hydrogens (tertiary/aromatic N) is 1. The van der Waals surface area contributed by atoms with Gasteiger partial charge in [0.15, 0.2) is 11.5 Å². The van der Waals surface area contributed by atoms with Gasteiger partial charge in [0.05, 0.1) is 0 Å². The van der Waals surface area contributed by atoms with Crippen LogP contribution < -0.4 is 5.73 Å². The molecule has 0 saturated carbocycles. The topological polar surface area (TPSA) is 52.0 Å². The van der Waals surface area contributed by atoms with Gasteiger partial charge in [-0.1, -0.05) is 40.2 Å². The molecule has 0 saturated heterocycles. The van der Waals surface area contributed by atoms with E-state index in [1.807, 2.05) is 6.07 Å². The van der Waals surface area contributed by atoms with E-state index < -0.39 is 0 Å². The van der Waals surface area contributed by atoms with Crippen molar-refractivity contribution in [3.63, 3.8) is 0 Å². The zero-order valence-electron chi connectivity index (χ0n) is 12.4. The Morgan fingerprint density at radius 1 is 1.32 bits per heavy atom. The normalized spacial score (nSPS) is 13.9. The zero-order chi connectivity index (χ0) is 14.0. The van der Waals surface area contributed by atoms with Crippen LogP contribution in [0.1, 0.15) is 57.9 Å². The first-order valence-corrected chi connectivity index (χ1v) is 7.06. The van der Waals surface area contributed by atoms with Gasteiger partial charge in [-0.25, -0.2) is 4.98 Å². The minimum atomic E-state index is 0.129. The SMILES string of the molecule is CCCC(CN)c1nc2cc(C(C)(C)C)ccc2o1. The third-order valence-electron chi connectivity index (χ3n) is 3.54. The molecule has 0 bridgehead atoms. The highest BCUT2D eigenvalue weighted by molar-refractivity contribution is 5.73. The van der Waals surface area contributed by atoms with Crippen LogP contribution in [-0.4, -0.2) is 11.5 Å². The van der Waals surface area contributed by atoms with Gasteiger partial charge in [0.2, 0.25) is 0 Å². The van der Waals surface area contributed by atoms with Crippen LogP contribution in [0.5, 0.6) is 0 Å². The lowest BCUT2D eigenvalue weighted by Gasteiger charge is -2.18. The summed E-state index contributed by atoms with van der Waals surface area (Å²) >= 11 is 0. The van der Waals surface area contributed by atoms with Crippen LogP contribution in [0, 0.1) is 0 Å². The van der Waals surface area contributed by atoms with E-state index in [4.69, 9.17) is 10.2 Å². The molecule has 0 fully saturated rings. The van der Waals surface area contributed by atoms with Gasteiger partial charge in [0.25, 0.3) is 0 Å². The highest BCUT2D eigenvalue weighted by Crippen LogP contribution is 2.28. The van der Waals surface area contributed by atoms with Crippen LogP contribution in [0.2, 0.25) is 0 Å². The minimum Gasteiger partial charge on any atom is -0.440 e. The van der Waals surface area contributed by atoms with Crippen molar-refractivity contribution in [3.05, 3.63) is 29.7 Å². The fourth-order valence-corrected chi connectivity index (χ4v) is 2.28. The molecule has 3 heteroatoms. The van der Waals surface area contributed by atoms with E-state index in [2.05, 4.69) is 44.8 Å². The average Bonchev–Trinajstić information content (AvgIpc) is 2.77. The summed E-state index contributed by atoms with van der Waals surface area (Å²) in [7, 11) is 0. The van der Waals surface area contributed by atoms with Crippen molar-refractivity contribution in [1.29, 1.82) is 0 Å². The lowest BCUT2D eigenvalue weighted by atomic mass is 9.87. The fourth-order valence-electron chi connectivity index (χ4n) is 2.28. The Balaban J connectivity index is 2.40. The van der Waals surface area contributed by atoms with Crippen molar-refractivity contribution in [2.24, 2.45) is 5.73 Å². The smallest absolute Gasteiger partial charge is 0.199 e. The number of aromatic nitrogens is 1. The molecule has 0 aliphatic heterocycles. The second kappa shape index (κ2) is 5.33.